The molecule has 1 fully saturated rings. The van der Waals surface area contributed by atoms with Crippen molar-refractivity contribution in [1.29, 1.82) is 0 Å². The lowest BCUT2D eigenvalue weighted by Crippen LogP contribution is -2.44. The Labute approximate surface area is 347 Å². The number of hydrogen-bond acceptors (Lipinski definition) is 12. The molecule has 1 aliphatic heterocycles. The number of carbonyl (C=O) groups is 4. The van der Waals surface area contributed by atoms with Gasteiger partial charge >= 0.3 is 11.9 Å². The number of imidazole rings is 1. The lowest BCUT2D eigenvalue weighted by atomic mass is 9.96. The van der Waals surface area contributed by atoms with Gasteiger partial charge in [-0.25, -0.2) is 14.8 Å². The smallest absolute Gasteiger partial charge is 0.405 e. The molecule has 0 radical (unpaired) electrons. The van der Waals surface area contributed by atoms with Crippen molar-refractivity contribution >= 4 is 46.2 Å². The third-order valence-electron chi connectivity index (χ3n) is 9.69. The van der Waals surface area contributed by atoms with Crippen LogP contribution in [0.25, 0.3) is 22.5 Å². The van der Waals surface area contributed by atoms with Crippen LogP contribution in [0.3, 0.4) is 0 Å². The predicted molar refractivity (Wildman–Crippen MR) is 215 cm³/mol. The van der Waals surface area contributed by atoms with Gasteiger partial charge in [-0.3, -0.25) is 38.3 Å². The predicted octanol–water partition coefficient (Wildman–Crippen LogP) is 4.14. The second kappa shape index (κ2) is 18.9. The molecule has 1 atom stereocenters. The van der Waals surface area contributed by atoms with E-state index < -0.39 is 36.5 Å². The standard InChI is InChI=1S/C40H47F3N10O8/c1-39(2,22-59-16-6-9-24-8-5-10-28-33(24)52(4)38(58)53(28)29-11-12-31(54)49-35(29)56)23-60-17-7-14-45-36(57)32-26(19-51(3)50-32)47-34(55)27-20-61-37(48-27)25-13-15-44-30(18-25)46-21-40(41,42)43/h5,8,10,13,15,18-20,29H,6-7,9,11-12,14,16-17,21-23H2,1-4H3,(H,44,46)(H,45,57)(H,47,55)(H,49,54,56). The molecule has 4 amide bonds. The number of halogens is 3. The molecule has 1 unspecified atom stereocenters. The van der Waals surface area contributed by atoms with Crippen LogP contribution in [0.1, 0.15) is 72.1 Å². The van der Waals surface area contributed by atoms with Gasteiger partial charge in [-0.1, -0.05) is 26.0 Å². The first kappa shape index (κ1) is 44.2. The van der Waals surface area contributed by atoms with E-state index in [1.807, 2.05) is 32.0 Å². The molecule has 5 heterocycles. The molecule has 326 valence electrons. The zero-order valence-electron chi connectivity index (χ0n) is 34.1. The van der Waals surface area contributed by atoms with Crippen molar-refractivity contribution in [3.8, 4) is 11.5 Å². The summed E-state index contributed by atoms with van der Waals surface area (Å²) in [5, 5.41) is 14.1. The van der Waals surface area contributed by atoms with E-state index in [2.05, 4.69) is 36.3 Å². The number of alkyl halides is 3. The van der Waals surface area contributed by atoms with Gasteiger partial charge in [-0.2, -0.15) is 18.3 Å². The molecule has 0 spiro atoms. The van der Waals surface area contributed by atoms with E-state index in [4.69, 9.17) is 13.9 Å². The van der Waals surface area contributed by atoms with Crippen molar-refractivity contribution < 1.29 is 46.2 Å². The summed E-state index contributed by atoms with van der Waals surface area (Å²) in [5.41, 5.74) is 2.00. The molecule has 1 aromatic carbocycles. The zero-order valence-corrected chi connectivity index (χ0v) is 34.1. The minimum Gasteiger partial charge on any atom is -0.444 e. The lowest BCUT2D eigenvalue weighted by molar-refractivity contribution is -0.135. The molecule has 4 N–H and O–H groups in total. The quantitative estimate of drug-likeness (QED) is 0.0681. The number of fused-ring (bicyclic) bond motifs is 1. The number of imide groups is 1. The zero-order chi connectivity index (χ0) is 43.9. The third-order valence-corrected chi connectivity index (χ3v) is 9.69. The Morgan fingerprint density at radius 2 is 1.79 bits per heavy atom. The maximum atomic E-state index is 13.2. The first-order valence-corrected chi connectivity index (χ1v) is 19.5. The fourth-order valence-corrected chi connectivity index (χ4v) is 6.81. The molecule has 18 nitrogen and oxygen atoms in total. The van der Waals surface area contributed by atoms with Gasteiger partial charge in [-0.15, -0.1) is 0 Å². The van der Waals surface area contributed by atoms with Crippen LogP contribution in [-0.4, -0.2) is 98.2 Å². The maximum Gasteiger partial charge on any atom is 0.405 e. The number of pyridine rings is 1. The fraction of sp³-hybridized carbons (Fsp3) is 0.450. The van der Waals surface area contributed by atoms with Crippen LogP contribution in [0.2, 0.25) is 0 Å². The number of amides is 4. The van der Waals surface area contributed by atoms with E-state index in [1.54, 1.807) is 18.7 Å². The van der Waals surface area contributed by atoms with Gasteiger partial charge in [0.15, 0.2) is 11.4 Å². The van der Waals surface area contributed by atoms with Crippen LogP contribution < -0.4 is 27.0 Å². The number of oxazole rings is 1. The van der Waals surface area contributed by atoms with E-state index in [0.717, 1.165) is 17.3 Å². The average Bonchev–Trinajstić information content (AvgIpc) is 3.91. The van der Waals surface area contributed by atoms with E-state index in [-0.39, 0.29) is 70.7 Å². The molecule has 21 heteroatoms. The number of nitrogens with zero attached hydrogens (tertiary/aromatic N) is 6. The van der Waals surface area contributed by atoms with Gasteiger partial charge in [0.2, 0.25) is 17.7 Å². The molecule has 5 aromatic rings. The summed E-state index contributed by atoms with van der Waals surface area (Å²) in [5.74, 6) is -2.11. The number of carbonyl (C=O) groups excluding carboxylic acids is 4. The minimum atomic E-state index is -4.44. The Morgan fingerprint density at radius 1 is 1.03 bits per heavy atom. The number of nitrogens with one attached hydrogen (secondary N) is 4. The number of para-hydroxylation sites is 1. The Morgan fingerprint density at radius 3 is 2.52 bits per heavy atom. The van der Waals surface area contributed by atoms with Crippen molar-refractivity contribution in [3.63, 3.8) is 0 Å². The number of piperidine rings is 1. The van der Waals surface area contributed by atoms with Crippen molar-refractivity contribution in [1.82, 2.24) is 39.5 Å². The summed E-state index contributed by atoms with van der Waals surface area (Å²) in [7, 11) is 3.27. The van der Waals surface area contributed by atoms with Crippen molar-refractivity contribution in [3.05, 3.63) is 76.4 Å². The van der Waals surface area contributed by atoms with E-state index >= 15 is 0 Å². The summed E-state index contributed by atoms with van der Waals surface area (Å²) in [6.07, 6.45) is 1.66. The van der Waals surface area contributed by atoms with E-state index in [9.17, 15) is 37.1 Å². The molecular weight excluding hydrogens is 805 g/mol. The van der Waals surface area contributed by atoms with Crippen LogP contribution in [0.15, 0.2) is 58.2 Å². The highest BCUT2D eigenvalue weighted by molar-refractivity contribution is 6.07. The van der Waals surface area contributed by atoms with Crippen LogP contribution >= 0.6 is 0 Å². The highest BCUT2D eigenvalue weighted by Gasteiger charge is 2.32. The third kappa shape index (κ3) is 11.3. The molecule has 4 aromatic heterocycles. The normalized spacial score (nSPS) is 14.6. The van der Waals surface area contributed by atoms with Gasteiger partial charge in [0.05, 0.1) is 29.9 Å². The molecular formula is C40H47F3N10O8. The summed E-state index contributed by atoms with van der Waals surface area (Å²) < 4.78 is 59.5. The SMILES string of the molecule is Cn1cc(NC(=O)c2coc(-c3ccnc(NCC(F)(F)F)c3)n2)c(C(=O)NCCCOCC(C)(C)COCCCc2cccc3c2n(C)c(=O)n3C2CCC(=O)NC2=O)n1. The average molecular weight is 853 g/mol. The molecule has 0 aliphatic carbocycles. The highest BCUT2D eigenvalue weighted by atomic mass is 19.4. The molecule has 1 saturated heterocycles. The molecule has 0 saturated carbocycles. The van der Waals surface area contributed by atoms with Crippen molar-refractivity contribution in [2.75, 3.05) is 50.2 Å². The minimum absolute atomic E-state index is 0.0240. The summed E-state index contributed by atoms with van der Waals surface area (Å²) in [6, 6.07) is 7.65. The Balaban J connectivity index is 0.900. The topological polar surface area (TPSA) is 219 Å². The van der Waals surface area contributed by atoms with Crippen molar-refractivity contribution in [2.45, 2.75) is 58.2 Å². The molecule has 0 bridgehead atoms. The number of benzene rings is 1. The number of ether oxygens (including phenoxy) is 2. The van der Waals surface area contributed by atoms with Crippen LogP contribution in [0.5, 0.6) is 0 Å². The first-order valence-electron chi connectivity index (χ1n) is 19.5. The van der Waals surface area contributed by atoms with Crippen LogP contribution in [0, 0.1) is 5.41 Å². The fourth-order valence-electron chi connectivity index (χ4n) is 6.81. The highest BCUT2D eigenvalue weighted by Crippen LogP contribution is 2.27. The molecule has 6 rings (SSSR count). The number of aryl methyl sites for hydroxylation is 3. The summed E-state index contributed by atoms with van der Waals surface area (Å²) in [4.78, 5) is 71.5. The second-order valence-electron chi connectivity index (χ2n) is 15.4. The van der Waals surface area contributed by atoms with E-state index in [1.165, 1.54) is 33.8 Å². The monoisotopic (exact) mass is 852 g/mol. The summed E-state index contributed by atoms with van der Waals surface area (Å²) >= 11 is 0. The van der Waals surface area contributed by atoms with Gasteiger partial charge < -0.3 is 29.8 Å². The Hall–Kier alpha value is -6.35. The van der Waals surface area contributed by atoms with E-state index in [0.29, 0.717) is 51.2 Å². The number of aromatic nitrogens is 6. The molecule has 61 heavy (non-hydrogen) atoms. The number of hydrogen-bond donors (Lipinski definition) is 4. The summed E-state index contributed by atoms with van der Waals surface area (Å²) in [6.45, 7) is 4.73. The van der Waals surface area contributed by atoms with Crippen molar-refractivity contribution in [2.24, 2.45) is 19.5 Å². The Bertz CT molecular complexity index is 2450. The molecule has 1 aliphatic rings. The second-order valence-corrected chi connectivity index (χ2v) is 15.4. The van der Waals surface area contributed by atoms with Crippen LogP contribution in [-0.2, 0) is 39.6 Å². The van der Waals surface area contributed by atoms with Crippen LogP contribution in [0.4, 0.5) is 24.7 Å². The van der Waals surface area contributed by atoms with Gasteiger partial charge in [0, 0.05) is 63.6 Å². The van der Waals surface area contributed by atoms with Gasteiger partial charge in [0.1, 0.15) is 24.7 Å². The number of anilines is 2. The Kier molecular flexibility index (Phi) is 13.7. The first-order chi connectivity index (χ1) is 29.0. The van der Waals surface area contributed by atoms with Gasteiger partial charge in [-0.05, 0) is 49.4 Å². The maximum absolute atomic E-state index is 13.2. The largest absolute Gasteiger partial charge is 0.444 e. The van der Waals surface area contributed by atoms with Gasteiger partial charge in [0.25, 0.3) is 11.8 Å². The lowest BCUT2D eigenvalue weighted by Gasteiger charge is -2.24. The number of rotatable bonds is 19.